The van der Waals surface area contributed by atoms with Gasteiger partial charge in [0.05, 0.1) is 5.56 Å². The minimum Gasteiger partial charge on any atom is -0.391 e. The Balaban J connectivity index is 2.91. The minimum absolute atomic E-state index is 0.409. The van der Waals surface area contributed by atoms with Gasteiger partial charge in [-0.15, -0.1) is 0 Å². The summed E-state index contributed by atoms with van der Waals surface area (Å²) in [6.45, 7) is 0. The van der Waals surface area contributed by atoms with E-state index >= 15 is 0 Å². The lowest BCUT2D eigenvalue weighted by atomic mass is 10.1. The van der Waals surface area contributed by atoms with Gasteiger partial charge in [0.25, 0.3) is 0 Å². The molecule has 0 saturated carbocycles. The summed E-state index contributed by atoms with van der Waals surface area (Å²) in [5.74, 6) is -0.409. The minimum atomic E-state index is -0.409. The zero-order valence-electron chi connectivity index (χ0n) is 5.99. The highest BCUT2D eigenvalue weighted by molar-refractivity contribution is 14.1. The number of carbonyl (C=O) groups excluding carboxylic acids is 2. The van der Waals surface area contributed by atoms with Crippen LogP contribution in [0.2, 0.25) is 0 Å². The molecule has 0 radical (unpaired) electrons. The molecule has 0 bridgehead atoms. The maximum absolute atomic E-state index is 10.9. The summed E-state index contributed by atoms with van der Waals surface area (Å²) in [4.78, 5) is 21.1. The largest absolute Gasteiger partial charge is 0.391 e. The van der Waals surface area contributed by atoms with E-state index in [-0.39, 0.29) is 0 Å². The van der Waals surface area contributed by atoms with Crippen molar-refractivity contribution < 1.29 is 12.7 Å². The van der Waals surface area contributed by atoms with Crippen LogP contribution in [0.25, 0.3) is 0 Å². The Bertz CT molecular complexity index is 292. The van der Waals surface area contributed by atoms with Crippen LogP contribution < -0.4 is 0 Å². The average molecular weight is 276 g/mol. The highest BCUT2D eigenvalue weighted by atomic mass is 127. The zero-order valence-corrected chi connectivity index (χ0v) is 8.15. The number of aldehydes is 1. The van der Waals surface area contributed by atoms with Gasteiger partial charge in [0.15, 0.2) is 23.0 Å². The quantitative estimate of drug-likeness (QED) is 0.613. The first-order chi connectivity index (χ1) is 5.77. The molecular formula is C8H5IO3. The molecule has 1 aromatic carbocycles. The molecule has 1 rings (SSSR count). The summed E-state index contributed by atoms with van der Waals surface area (Å²) in [6.07, 6.45) is 0.721. The third-order valence-corrected chi connectivity index (χ3v) is 1.75. The van der Waals surface area contributed by atoms with Crippen molar-refractivity contribution in [2.75, 3.05) is 0 Å². The van der Waals surface area contributed by atoms with Crippen LogP contribution in [-0.2, 0) is 3.07 Å². The van der Waals surface area contributed by atoms with Crippen molar-refractivity contribution in [3.8, 4) is 0 Å². The van der Waals surface area contributed by atoms with Gasteiger partial charge in [0, 0.05) is 5.56 Å². The number of halogens is 1. The molecule has 0 aromatic heterocycles. The fourth-order valence-electron chi connectivity index (χ4n) is 0.742. The van der Waals surface area contributed by atoms with Gasteiger partial charge in [0.1, 0.15) is 6.29 Å². The fourth-order valence-corrected chi connectivity index (χ4v) is 0.997. The SMILES string of the molecule is O=Cc1ccc(C(=O)OI)cc1. The summed E-state index contributed by atoms with van der Waals surface area (Å²) >= 11 is 1.52. The molecule has 62 valence electrons. The van der Waals surface area contributed by atoms with Crippen molar-refractivity contribution in [3.05, 3.63) is 35.4 Å². The molecular weight excluding hydrogens is 271 g/mol. The van der Waals surface area contributed by atoms with E-state index < -0.39 is 5.97 Å². The smallest absolute Gasteiger partial charge is 0.347 e. The van der Waals surface area contributed by atoms with Crippen molar-refractivity contribution in [2.45, 2.75) is 0 Å². The summed E-state index contributed by atoms with van der Waals surface area (Å²) in [5, 5.41) is 0. The number of hydrogen-bond donors (Lipinski definition) is 0. The molecule has 0 fully saturated rings. The van der Waals surface area contributed by atoms with Crippen molar-refractivity contribution in [1.82, 2.24) is 0 Å². The van der Waals surface area contributed by atoms with Crippen molar-refractivity contribution in [2.24, 2.45) is 0 Å². The first-order valence-electron chi connectivity index (χ1n) is 3.16. The maximum atomic E-state index is 10.9. The number of rotatable bonds is 2. The Morgan fingerprint density at radius 2 is 1.92 bits per heavy atom. The van der Waals surface area contributed by atoms with E-state index in [4.69, 9.17) is 0 Å². The van der Waals surface area contributed by atoms with E-state index in [1.807, 2.05) is 0 Å². The topological polar surface area (TPSA) is 43.4 Å². The van der Waals surface area contributed by atoms with Crippen LogP contribution in [0.15, 0.2) is 24.3 Å². The lowest BCUT2D eigenvalue weighted by molar-refractivity contribution is 0.0800. The molecule has 0 aliphatic rings. The monoisotopic (exact) mass is 276 g/mol. The predicted octanol–water partition coefficient (Wildman–Crippen LogP) is 2.01. The van der Waals surface area contributed by atoms with E-state index in [0.717, 1.165) is 6.29 Å². The van der Waals surface area contributed by atoms with Crippen LogP contribution in [0, 0.1) is 0 Å². The van der Waals surface area contributed by atoms with E-state index in [1.165, 1.54) is 23.0 Å². The molecule has 4 heteroatoms. The van der Waals surface area contributed by atoms with Gasteiger partial charge >= 0.3 is 5.97 Å². The Morgan fingerprint density at radius 1 is 1.33 bits per heavy atom. The summed E-state index contributed by atoms with van der Waals surface area (Å²) < 4.78 is 4.45. The molecule has 3 nitrogen and oxygen atoms in total. The highest BCUT2D eigenvalue weighted by Crippen LogP contribution is 2.05. The van der Waals surface area contributed by atoms with Crippen LogP contribution in [0.5, 0.6) is 0 Å². The first kappa shape index (κ1) is 9.18. The predicted molar refractivity (Wildman–Crippen MR) is 51.3 cm³/mol. The Kier molecular flexibility index (Phi) is 3.21. The van der Waals surface area contributed by atoms with Gasteiger partial charge in [0.2, 0.25) is 0 Å². The zero-order chi connectivity index (χ0) is 8.97. The Hall–Kier alpha value is -0.910. The number of hydrogen-bond acceptors (Lipinski definition) is 3. The normalized spacial score (nSPS) is 9.08. The first-order valence-corrected chi connectivity index (χ1v) is 4.04. The molecule has 1 aromatic rings. The number of carbonyl (C=O) groups is 2. The van der Waals surface area contributed by atoms with Crippen molar-refractivity contribution >= 4 is 35.3 Å². The second kappa shape index (κ2) is 4.20. The van der Waals surface area contributed by atoms with E-state index in [9.17, 15) is 9.59 Å². The van der Waals surface area contributed by atoms with E-state index in [1.54, 1.807) is 24.3 Å². The third kappa shape index (κ3) is 2.04. The van der Waals surface area contributed by atoms with Crippen LogP contribution in [0.3, 0.4) is 0 Å². The second-order valence-electron chi connectivity index (χ2n) is 2.10. The van der Waals surface area contributed by atoms with Gasteiger partial charge in [-0.05, 0) is 12.1 Å². The average Bonchev–Trinajstić information content (AvgIpc) is 2.17. The second-order valence-corrected chi connectivity index (χ2v) is 2.54. The molecule has 0 aliphatic heterocycles. The van der Waals surface area contributed by atoms with Crippen LogP contribution in [0.4, 0.5) is 0 Å². The molecule has 0 spiro atoms. The number of benzene rings is 1. The maximum Gasteiger partial charge on any atom is 0.347 e. The van der Waals surface area contributed by atoms with E-state index in [0.29, 0.717) is 11.1 Å². The van der Waals surface area contributed by atoms with Gasteiger partial charge in [-0.1, -0.05) is 12.1 Å². The van der Waals surface area contributed by atoms with Gasteiger partial charge in [-0.3, -0.25) is 4.79 Å². The van der Waals surface area contributed by atoms with Gasteiger partial charge < -0.3 is 3.07 Å². The van der Waals surface area contributed by atoms with Crippen molar-refractivity contribution in [1.29, 1.82) is 0 Å². The van der Waals surface area contributed by atoms with Gasteiger partial charge in [-0.25, -0.2) is 4.79 Å². The molecule has 0 aliphatic carbocycles. The Labute approximate surface area is 83.4 Å². The Morgan fingerprint density at radius 3 is 2.33 bits per heavy atom. The van der Waals surface area contributed by atoms with Gasteiger partial charge in [-0.2, -0.15) is 0 Å². The summed E-state index contributed by atoms with van der Waals surface area (Å²) in [5.41, 5.74) is 0.981. The van der Waals surface area contributed by atoms with E-state index in [2.05, 4.69) is 3.07 Å². The van der Waals surface area contributed by atoms with Crippen LogP contribution >= 0.6 is 23.0 Å². The summed E-state index contributed by atoms with van der Waals surface area (Å²) in [6, 6.07) is 6.22. The molecule has 0 unspecified atom stereocenters. The summed E-state index contributed by atoms with van der Waals surface area (Å²) in [7, 11) is 0. The van der Waals surface area contributed by atoms with Crippen molar-refractivity contribution in [3.63, 3.8) is 0 Å². The molecule has 0 saturated heterocycles. The van der Waals surface area contributed by atoms with Crippen LogP contribution in [-0.4, -0.2) is 12.3 Å². The standard InChI is InChI=1S/C8H5IO3/c9-12-8(11)7-3-1-6(5-10)2-4-7/h1-5H. The molecule has 0 amide bonds. The highest BCUT2D eigenvalue weighted by Gasteiger charge is 2.04. The fraction of sp³-hybridized carbons (Fsp3) is 0. The molecule has 0 heterocycles. The lowest BCUT2D eigenvalue weighted by Gasteiger charge is -1.95. The molecule has 0 atom stereocenters. The van der Waals surface area contributed by atoms with Crippen LogP contribution in [0.1, 0.15) is 20.7 Å². The molecule has 0 N–H and O–H groups in total. The molecule has 12 heavy (non-hydrogen) atoms. The lowest BCUT2D eigenvalue weighted by Crippen LogP contribution is -1.97. The third-order valence-electron chi connectivity index (χ3n) is 1.35.